The van der Waals surface area contributed by atoms with E-state index < -0.39 is 0 Å². The van der Waals surface area contributed by atoms with Crippen molar-refractivity contribution in [3.8, 4) is 123 Å². The van der Waals surface area contributed by atoms with Crippen molar-refractivity contribution in [2.24, 2.45) is 0 Å². The lowest BCUT2D eigenvalue weighted by Gasteiger charge is -2.28. The van der Waals surface area contributed by atoms with Gasteiger partial charge in [0.25, 0.3) is 0 Å². The van der Waals surface area contributed by atoms with Crippen molar-refractivity contribution < 1.29 is 18.9 Å². The maximum atomic E-state index is 5.48. The van der Waals surface area contributed by atoms with Crippen LogP contribution in [-0.4, -0.2) is 28.4 Å². The van der Waals surface area contributed by atoms with Gasteiger partial charge in [0.1, 0.15) is 23.0 Å². The van der Waals surface area contributed by atoms with E-state index in [0.29, 0.717) is 0 Å². The van der Waals surface area contributed by atoms with Crippen LogP contribution >= 0.6 is 0 Å². The monoisotopic (exact) mass is 966 g/mol. The number of rotatable bonds is 13. The summed E-state index contributed by atoms with van der Waals surface area (Å²) in [5, 5.41) is 0. The van der Waals surface area contributed by atoms with Crippen LogP contribution in [0.1, 0.15) is 33.4 Å². The van der Waals surface area contributed by atoms with Crippen molar-refractivity contribution in [2.45, 2.75) is 41.5 Å². The van der Waals surface area contributed by atoms with Gasteiger partial charge in [0, 0.05) is 0 Å². The fourth-order valence-electron chi connectivity index (χ4n) is 11.4. The minimum atomic E-state index is 0.845. The Balaban J connectivity index is 1.20. The molecule has 0 spiro atoms. The normalized spacial score (nSPS) is 11.1. The third-order valence-corrected chi connectivity index (χ3v) is 15.1. The van der Waals surface area contributed by atoms with E-state index in [1.54, 1.807) is 28.4 Å². The molecule has 0 saturated carbocycles. The minimum absolute atomic E-state index is 0.845. The van der Waals surface area contributed by atoms with E-state index in [0.717, 1.165) is 67.5 Å². The summed E-state index contributed by atoms with van der Waals surface area (Å²) in [6.07, 6.45) is 0. The molecule has 4 nitrogen and oxygen atoms in total. The summed E-state index contributed by atoms with van der Waals surface area (Å²) < 4.78 is 21.9. The van der Waals surface area contributed by atoms with Gasteiger partial charge in [-0.25, -0.2) is 0 Å². The van der Waals surface area contributed by atoms with Crippen LogP contribution in [0.4, 0.5) is 0 Å². The molecule has 0 N–H and O–H groups in total. The van der Waals surface area contributed by atoms with Gasteiger partial charge in [0.15, 0.2) is 0 Å². The van der Waals surface area contributed by atoms with Crippen molar-refractivity contribution >= 4 is 0 Å². The molecule has 10 rings (SSSR count). The van der Waals surface area contributed by atoms with Gasteiger partial charge in [-0.05, 0) is 224 Å². The predicted octanol–water partition coefficient (Wildman–Crippen LogP) is 18.6. The molecule has 4 heteroatoms. The number of hydrogen-bond acceptors (Lipinski definition) is 4. The highest BCUT2D eigenvalue weighted by molar-refractivity contribution is 5.98. The van der Waals surface area contributed by atoms with Crippen LogP contribution in [0.25, 0.3) is 100 Å². The SMILES string of the molecule is COc1ccc(-c2ccc(-c3c(C)c(-c4ccc(-c5ccc(OC)cc5)cc4)c(C)c(-c4c(C)c(-c5ccc(-c6ccc(OC)cc6)cc5)c(C)c(-c5ccc(-c6ccc(OC)cc6)cc5)c4C)c3C)cc2)cc1. The fraction of sp³-hybridized carbons (Fsp3) is 0.143. The molecule has 0 saturated heterocycles. The van der Waals surface area contributed by atoms with E-state index in [-0.39, 0.29) is 0 Å². The lowest BCUT2D eigenvalue weighted by molar-refractivity contribution is 0.415. The maximum Gasteiger partial charge on any atom is 0.118 e. The molecule has 366 valence electrons. The topological polar surface area (TPSA) is 36.9 Å². The molecule has 0 aliphatic carbocycles. The zero-order valence-corrected chi connectivity index (χ0v) is 44.1. The average molecular weight is 967 g/mol. The Hall–Kier alpha value is -8.60. The number of hydrogen-bond donors (Lipinski definition) is 0. The Bertz CT molecular complexity index is 3130. The molecule has 0 atom stereocenters. The molecule has 10 aromatic carbocycles. The summed E-state index contributed by atoms with van der Waals surface area (Å²) in [6, 6.07) is 69.6. The molecular formula is C70H62O4. The summed E-state index contributed by atoms with van der Waals surface area (Å²) in [5.74, 6) is 3.38. The predicted molar refractivity (Wildman–Crippen MR) is 310 cm³/mol. The van der Waals surface area contributed by atoms with Gasteiger partial charge in [-0.3, -0.25) is 0 Å². The van der Waals surface area contributed by atoms with Crippen LogP contribution in [0.2, 0.25) is 0 Å². The van der Waals surface area contributed by atoms with Crippen LogP contribution in [0.5, 0.6) is 23.0 Å². The highest BCUT2D eigenvalue weighted by Crippen LogP contribution is 2.50. The van der Waals surface area contributed by atoms with Gasteiger partial charge >= 0.3 is 0 Å². The van der Waals surface area contributed by atoms with Gasteiger partial charge in [-0.2, -0.15) is 0 Å². The quantitative estimate of drug-likeness (QED) is 0.115. The van der Waals surface area contributed by atoms with Crippen molar-refractivity contribution in [2.75, 3.05) is 28.4 Å². The Morgan fingerprint density at radius 3 is 0.432 bits per heavy atom. The smallest absolute Gasteiger partial charge is 0.118 e. The standard InChI is InChI=1S/C70H62O4/c1-43-65(57-19-11-49(12-20-57)53-27-35-61(71-7)36-28-53)45(3)69(46(4)66(43)58-21-13-50(14-22-58)54-29-37-62(72-8)38-30-54)70-47(5)67(59-23-15-51(16-24-59)55-31-39-63(73-9)40-32-55)44(2)68(48(70)6)60-25-17-52(18-26-60)56-33-41-64(74-10)42-34-56/h11-42H,1-10H3. The fourth-order valence-corrected chi connectivity index (χ4v) is 11.4. The van der Waals surface area contributed by atoms with Gasteiger partial charge in [-0.1, -0.05) is 146 Å². The van der Waals surface area contributed by atoms with Crippen LogP contribution in [-0.2, 0) is 0 Å². The lowest BCUT2D eigenvalue weighted by atomic mass is 9.75. The maximum absolute atomic E-state index is 5.48. The molecule has 0 aliphatic rings. The van der Waals surface area contributed by atoms with Crippen molar-refractivity contribution in [3.63, 3.8) is 0 Å². The minimum Gasteiger partial charge on any atom is -0.497 e. The van der Waals surface area contributed by atoms with E-state index in [1.807, 2.05) is 48.5 Å². The third-order valence-electron chi connectivity index (χ3n) is 15.1. The zero-order chi connectivity index (χ0) is 51.6. The molecule has 10 aromatic rings. The summed E-state index contributed by atoms with van der Waals surface area (Å²) in [5.41, 5.74) is 29.0. The molecule has 0 bridgehead atoms. The van der Waals surface area contributed by atoms with E-state index in [1.165, 1.54) is 89.0 Å². The molecule has 0 aromatic heterocycles. The molecule has 74 heavy (non-hydrogen) atoms. The van der Waals surface area contributed by atoms with E-state index in [2.05, 4.69) is 187 Å². The molecule has 0 amide bonds. The summed E-state index contributed by atoms with van der Waals surface area (Å²) in [4.78, 5) is 0. The molecule has 0 fully saturated rings. The first-order valence-corrected chi connectivity index (χ1v) is 25.3. The number of benzene rings is 10. The molecule has 0 radical (unpaired) electrons. The van der Waals surface area contributed by atoms with Gasteiger partial charge in [-0.15, -0.1) is 0 Å². The first kappa shape index (κ1) is 49.0. The van der Waals surface area contributed by atoms with Gasteiger partial charge in [0.05, 0.1) is 28.4 Å². The first-order valence-electron chi connectivity index (χ1n) is 25.3. The second kappa shape index (κ2) is 20.9. The highest BCUT2D eigenvalue weighted by atomic mass is 16.5. The summed E-state index contributed by atoms with van der Waals surface area (Å²) in [7, 11) is 6.83. The average Bonchev–Trinajstić information content (AvgIpc) is 3.45. The third kappa shape index (κ3) is 9.25. The Kier molecular flexibility index (Phi) is 13.8. The van der Waals surface area contributed by atoms with Crippen LogP contribution in [0.3, 0.4) is 0 Å². The van der Waals surface area contributed by atoms with Crippen molar-refractivity contribution in [1.29, 1.82) is 0 Å². The van der Waals surface area contributed by atoms with Crippen LogP contribution in [0, 0.1) is 41.5 Å². The van der Waals surface area contributed by atoms with Gasteiger partial charge in [0.2, 0.25) is 0 Å². The molecule has 0 unspecified atom stereocenters. The van der Waals surface area contributed by atoms with E-state index >= 15 is 0 Å². The number of methoxy groups -OCH3 is 4. The largest absolute Gasteiger partial charge is 0.497 e. The summed E-state index contributed by atoms with van der Waals surface area (Å²) in [6.45, 7) is 14.0. The molecule has 0 heterocycles. The Morgan fingerprint density at radius 2 is 0.284 bits per heavy atom. The zero-order valence-electron chi connectivity index (χ0n) is 44.1. The summed E-state index contributed by atoms with van der Waals surface area (Å²) >= 11 is 0. The second-order valence-corrected chi connectivity index (χ2v) is 19.2. The van der Waals surface area contributed by atoms with Crippen LogP contribution in [0.15, 0.2) is 194 Å². The van der Waals surface area contributed by atoms with E-state index in [9.17, 15) is 0 Å². The van der Waals surface area contributed by atoms with E-state index in [4.69, 9.17) is 18.9 Å². The molecule has 0 aliphatic heterocycles. The molecular weight excluding hydrogens is 905 g/mol. The van der Waals surface area contributed by atoms with Crippen molar-refractivity contribution in [1.82, 2.24) is 0 Å². The van der Waals surface area contributed by atoms with Gasteiger partial charge < -0.3 is 18.9 Å². The Labute approximate surface area is 437 Å². The van der Waals surface area contributed by atoms with Crippen molar-refractivity contribution in [3.05, 3.63) is 228 Å². The second-order valence-electron chi connectivity index (χ2n) is 19.2. The Morgan fingerprint density at radius 1 is 0.162 bits per heavy atom. The van der Waals surface area contributed by atoms with Crippen LogP contribution < -0.4 is 18.9 Å². The first-order chi connectivity index (χ1) is 36.0. The lowest BCUT2D eigenvalue weighted by Crippen LogP contribution is -2.06. The highest BCUT2D eigenvalue weighted by Gasteiger charge is 2.27. The number of ether oxygens (including phenoxy) is 4.